The molecule has 5 rings (SSSR count). The molecule has 0 spiro atoms. The van der Waals surface area contributed by atoms with E-state index in [1.54, 1.807) is 0 Å². The second-order valence-corrected chi connectivity index (χ2v) is 7.24. The number of anilines is 3. The van der Waals surface area contributed by atoms with Gasteiger partial charge < -0.3 is 19.6 Å². The number of hydrogen-bond acceptors (Lipinski definition) is 7. The van der Waals surface area contributed by atoms with Gasteiger partial charge in [0, 0.05) is 48.8 Å². The zero-order chi connectivity index (χ0) is 19.6. The highest BCUT2D eigenvalue weighted by molar-refractivity contribution is 5.77. The SMILES string of the molecule is OCc1cccc(-c2nc(N3CCOCC3)nc3c2CCN3c2ccncc2)c1. The molecule has 0 atom stereocenters. The Morgan fingerprint density at radius 2 is 1.83 bits per heavy atom. The molecule has 0 amide bonds. The van der Waals surface area contributed by atoms with Crippen LogP contribution in [0.1, 0.15) is 11.1 Å². The number of rotatable bonds is 4. The Hall–Kier alpha value is -3.03. The van der Waals surface area contributed by atoms with Crippen LogP contribution < -0.4 is 9.80 Å². The molecule has 7 nitrogen and oxygen atoms in total. The number of ether oxygens (including phenoxy) is 1. The third kappa shape index (κ3) is 3.43. The minimum absolute atomic E-state index is 0.0145. The van der Waals surface area contributed by atoms with Crippen LogP contribution >= 0.6 is 0 Å². The number of morpholine rings is 1. The van der Waals surface area contributed by atoms with Crippen molar-refractivity contribution in [3.05, 3.63) is 59.9 Å². The average molecular weight is 389 g/mol. The van der Waals surface area contributed by atoms with E-state index in [0.717, 1.165) is 65.9 Å². The molecule has 0 unspecified atom stereocenters. The van der Waals surface area contributed by atoms with Crippen LogP contribution in [0.3, 0.4) is 0 Å². The summed E-state index contributed by atoms with van der Waals surface area (Å²) in [5.74, 6) is 1.69. The molecule has 1 N–H and O–H groups in total. The number of aliphatic hydroxyl groups excluding tert-OH is 1. The number of nitrogens with zero attached hydrogens (tertiary/aromatic N) is 5. The smallest absolute Gasteiger partial charge is 0.228 e. The third-order valence-electron chi connectivity index (χ3n) is 5.47. The van der Waals surface area contributed by atoms with Crippen molar-refractivity contribution >= 4 is 17.5 Å². The molecule has 1 aromatic carbocycles. The first kappa shape index (κ1) is 18.0. The normalized spacial score (nSPS) is 16.2. The van der Waals surface area contributed by atoms with Crippen LogP contribution in [0.2, 0.25) is 0 Å². The molecular formula is C22H23N5O2. The molecule has 1 fully saturated rings. The molecule has 148 valence electrons. The topological polar surface area (TPSA) is 74.6 Å². The molecule has 1 saturated heterocycles. The molecule has 0 radical (unpaired) electrons. The molecule has 29 heavy (non-hydrogen) atoms. The number of hydrogen-bond donors (Lipinski definition) is 1. The van der Waals surface area contributed by atoms with E-state index in [1.165, 1.54) is 0 Å². The van der Waals surface area contributed by atoms with Crippen LogP contribution in [0.15, 0.2) is 48.8 Å². The highest BCUT2D eigenvalue weighted by Gasteiger charge is 2.29. The van der Waals surface area contributed by atoms with Crippen molar-refractivity contribution in [1.29, 1.82) is 0 Å². The van der Waals surface area contributed by atoms with Crippen LogP contribution in [0.5, 0.6) is 0 Å². The van der Waals surface area contributed by atoms with Crippen LogP contribution in [0, 0.1) is 0 Å². The molecule has 4 heterocycles. The van der Waals surface area contributed by atoms with Gasteiger partial charge >= 0.3 is 0 Å². The number of benzene rings is 1. The molecule has 2 aliphatic heterocycles. The van der Waals surface area contributed by atoms with Gasteiger partial charge in [-0.05, 0) is 30.2 Å². The first-order valence-electron chi connectivity index (χ1n) is 9.95. The average Bonchev–Trinajstić information content (AvgIpc) is 3.24. The summed E-state index contributed by atoms with van der Waals surface area (Å²) in [7, 11) is 0. The summed E-state index contributed by atoms with van der Waals surface area (Å²) >= 11 is 0. The van der Waals surface area contributed by atoms with Gasteiger partial charge in [-0.15, -0.1) is 0 Å². The quantitative estimate of drug-likeness (QED) is 0.735. The highest BCUT2D eigenvalue weighted by Crippen LogP contribution is 2.39. The van der Waals surface area contributed by atoms with Gasteiger partial charge in [0.15, 0.2) is 0 Å². The second kappa shape index (κ2) is 7.77. The zero-order valence-corrected chi connectivity index (χ0v) is 16.2. The first-order chi connectivity index (χ1) is 14.3. The van der Waals surface area contributed by atoms with Gasteiger partial charge in [-0.2, -0.15) is 4.98 Å². The van der Waals surface area contributed by atoms with Crippen molar-refractivity contribution in [2.45, 2.75) is 13.0 Å². The standard InChI is InChI=1S/C22H23N5O2/c28-15-16-2-1-3-17(14-16)20-19-6-9-27(18-4-7-23-8-5-18)21(19)25-22(24-20)26-10-12-29-13-11-26/h1-5,7-8,14,28H,6,9-13,15H2. The summed E-state index contributed by atoms with van der Waals surface area (Å²) in [5.41, 5.74) is 5.07. The van der Waals surface area contributed by atoms with Crippen LogP contribution in [0.4, 0.5) is 17.5 Å². The maximum atomic E-state index is 9.58. The van der Waals surface area contributed by atoms with Crippen molar-refractivity contribution in [1.82, 2.24) is 15.0 Å². The summed E-state index contributed by atoms with van der Waals surface area (Å²) in [6, 6.07) is 12.0. The van der Waals surface area contributed by atoms with Gasteiger partial charge in [-0.1, -0.05) is 18.2 Å². The van der Waals surface area contributed by atoms with E-state index in [0.29, 0.717) is 13.2 Å². The Morgan fingerprint density at radius 3 is 2.62 bits per heavy atom. The van der Waals surface area contributed by atoms with Gasteiger partial charge in [-0.25, -0.2) is 4.98 Å². The van der Waals surface area contributed by atoms with Crippen molar-refractivity contribution in [2.24, 2.45) is 0 Å². The predicted octanol–water partition coefficient (Wildman–Crippen LogP) is 2.56. The maximum absolute atomic E-state index is 9.58. The van der Waals surface area contributed by atoms with Gasteiger partial charge in [0.1, 0.15) is 5.82 Å². The van der Waals surface area contributed by atoms with Gasteiger partial charge in [0.05, 0.1) is 25.5 Å². The van der Waals surface area contributed by atoms with E-state index in [2.05, 4.69) is 20.9 Å². The summed E-state index contributed by atoms with van der Waals surface area (Å²) in [4.78, 5) is 18.5. The summed E-state index contributed by atoms with van der Waals surface area (Å²) < 4.78 is 5.51. The maximum Gasteiger partial charge on any atom is 0.228 e. The van der Waals surface area contributed by atoms with E-state index in [-0.39, 0.29) is 6.61 Å². The molecule has 3 aromatic rings. The summed E-state index contributed by atoms with van der Waals surface area (Å²) in [6.45, 7) is 3.80. The van der Waals surface area contributed by atoms with Crippen LogP contribution in [-0.4, -0.2) is 52.9 Å². The lowest BCUT2D eigenvalue weighted by atomic mass is 10.0. The molecular weight excluding hydrogens is 366 g/mol. The first-order valence-corrected chi connectivity index (χ1v) is 9.95. The summed E-state index contributed by atoms with van der Waals surface area (Å²) in [5, 5.41) is 9.58. The van der Waals surface area contributed by atoms with E-state index in [4.69, 9.17) is 14.7 Å². The highest BCUT2D eigenvalue weighted by atomic mass is 16.5. The van der Waals surface area contributed by atoms with E-state index >= 15 is 0 Å². The molecule has 2 aromatic heterocycles. The van der Waals surface area contributed by atoms with E-state index in [1.807, 2.05) is 42.7 Å². The minimum Gasteiger partial charge on any atom is -0.392 e. The Morgan fingerprint density at radius 1 is 1.00 bits per heavy atom. The third-order valence-corrected chi connectivity index (χ3v) is 5.47. The Labute approximate surface area is 169 Å². The Kier molecular flexibility index (Phi) is 4.83. The van der Waals surface area contributed by atoms with Gasteiger partial charge in [0.25, 0.3) is 0 Å². The second-order valence-electron chi connectivity index (χ2n) is 7.24. The van der Waals surface area contributed by atoms with Crippen molar-refractivity contribution in [2.75, 3.05) is 42.6 Å². The fraction of sp³-hybridized carbons (Fsp3) is 0.318. The fourth-order valence-electron chi connectivity index (χ4n) is 3.98. The van der Waals surface area contributed by atoms with E-state index < -0.39 is 0 Å². The predicted molar refractivity (Wildman–Crippen MR) is 111 cm³/mol. The molecule has 7 heteroatoms. The Bertz CT molecular complexity index is 1010. The minimum atomic E-state index is 0.0145. The van der Waals surface area contributed by atoms with Crippen LogP contribution in [-0.2, 0) is 17.8 Å². The monoisotopic (exact) mass is 389 g/mol. The lowest BCUT2D eigenvalue weighted by molar-refractivity contribution is 0.122. The van der Waals surface area contributed by atoms with Crippen molar-refractivity contribution in [3.63, 3.8) is 0 Å². The number of pyridine rings is 1. The van der Waals surface area contributed by atoms with Crippen molar-refractivity contribution in [3.8, 4) is 11.3 Å². The molecule has 0 bridgehead atoms. The fourth-order valence-corrected chi connectivity index (χ4v) is 3.98. The molecule has 0 saturated carbocycles. The lowest BCUT2D eigenvalue weighted by Crippen LogP contribution is -2.37. The van der Waals surface area contributed by atoms with Gasteiger partial charge in [-0.3, -0.25) is 4.98 Å². The van der Waals surface area contributed by atoms with Crippen molar-refractivity contribution < 1.29 is 9.84 Å². The van der Waals surface area contributed by atoms with E-state index in [9.17, 15) is 5.11 Å². The Balaban J connectivity index is 1.65. The number of aromatic nitrogens is 3. The largest absolute Gasteiger partial charge is 0.392 e. The molecule has 0 aliphatic carbocycles. The van der Waals surface area contributed by atoms with Crippen LogP contribution in [0.25, 0.3) is 11.3 Å². The number of aliphatic hydroxyl groups is 1. The zero-order valence-electron chi connectivity index (χ0n) is 16.2. The lowest BCUT2D eigenvalue weighted by Gasteiger charge is -2.28. The van der Waals surface area contributed by atoms with Gasteiger partial charge in [0.2, 0.25) is 5.95 Å². The number of fused-ring (bicyclic) bond motifs is 1. The molecule has 2 aliphatic rings. The summed E-state index contributed by atoms with van der Waals surface area (Å²) in [6.07, 6.45) is 4.49.